The van der Waals surface area contributed by atoms with Crippen molar-refractivity contribution in [3.05, 3.63) is 34.6 Å². The van der Waals surface area contributed by atoms with Crippen molar-refractivity contribution in [1.82, 2.24) is 0 Å². The van der Waals surface area contributed by atoms with Crippen LogP contribution in [-0.4, -0.2) is 0 Å². The van der Waals surface area contributed by atoms with Gasteiger partial charge in [0, 0.05) is 11.1 Å². The van der Waals surface area contributed by atoms with Gasteiger partial charge in [0.25, 0.3) is 0 Å². The lowest BCUT2D eigenvalue weighted by Gasteiger charge is -2.10. The fraction of sp³-hybridized carbons (Fsp3) is 0.333. The SMILES string of the molecule is CCC(N)c1cc(F)ccc1Cl.Cl. The molecular formula is C9H12Cl2FN. The number of rotatable bonds is 2. The van der Waals surface area contributed by atoms with Crippen LogP contribution >= 0.6 is 24.0 Å². The number of benzene rings is 1. The molecule has 0 aromatic heterocycles. The summed E-state index contributed by atoms with van der Waals surface area (Å²) in [7, 11) is 0. The zero-order valence-electron chi connectivity index (χ0n) is 7.26. The molecule has 0 bridgehead atoms. The van der Waals surface area contributed by atoms with Crippen LogP contribution in [0.1, 0.15) is 24.9 Å². The molecule has 0 aliphatic carbocycles. The Morgan fingerprint density at radius 3 is 2.69 bits per heavy atom. The first kappa shape index (κ1) is 12.7. The van der Waals surface area contributed by atoms with E-state index in [-0.39, 0.29) is 24.3 Å². The van der Waals surface area contributed by atoms with Gasteiger partial charge in [-0.25, -0.2) is 4.39 Å². The molecule has 74 valence electrons. The third kappa shape index (κ3) is 3.14. The van der Waals surface area contributed by atoms with Crippen LogP contribution < -0.4 is 5.73 Å². The third-order valence-electron chi connectivity index (χ3n) is 1.80. The molecule has 1 atom stereocenters. The number of nitrogens with two attached hydrogens (primary N) is 1. The summed E-state index contributed by atoms with van der Waals surface area (Å²) in [6.45, 7) is 1.94. The first-order chi connectivity index (χ1) is 5.65. The van der Waals surface area contributed by atoms with Crippen molar-refractivity contribution in [2.24, 2.45) is 5.73 Å². The van der Waals surface area contributed by atoms with Gasteiger partial charge >= 0.3 is 0 Å². The van der Waals surface area contributed by atoms with Gasteiger partial charge in [0.15, 0.2) is 0 Å². The average molecular weight is 224 g/mol. The minimum atomic E-state index is -0.293. The van der Waals surface area contributed by atoms with E-state index in [0.29, 0.717) is 10.6 Å². The van der Waals surface area contributed by atoms with Crippen molar-refractivity contribution in [1.29, 1.82) is 0 Å². The molecule has 4 heteroatoms. The van der Waals surface area contributed by atoms with Crippen molar-refractivity contribution >= 4 is 24.0 Å². The highest BCUT2D eigenvalue weighted by Crippen LogP contribution is 2.23. The molecule has 0 amide bonds. The molecule has 1 aromatic rings. The maximum Gasteiger partial charge on any atom is 0.123 e. The van der Waals surface area contributed by atoms with E-state index < -0.39 is 0 Å². The van der Waals surface area contributed by atoms with E-state index in [9.17, 15) is 4.39 Å². The average Bonchev–Trinajstić information content (AvgIpc) is 2.08. The van der Waals surface area contributed by atoms with E-state index >= 15 is 0 Å². The van der Waals surface area contributed by atoms with Crippen molar-refractivity contribution in [3.8, 4) is 0 Å². The van der Waals surface area contributed by atoms with Crippen molar-refractivity contribution in [2.45, 2.75) is 19.4 Å². The van der Waals surface area contributed by atoms with Crippen molar-refractivity contribution in [3.63, 3.8) is 0 Å². The fourth-order valence-electron chi connectivity index (χ4n) is 1.02. The number of halogens is 3. The molecule has 0 saturated carbocycles. The molecule has 1 aromatic carbocycles. The van der Waals surface area contributed by atoms with Crippen molar-refractivity contribution in [2.75, 3.05) is 0 Å². The Morgan fingerprint density at radius 2 is 2.15 bits per heavy atom. The predicted molar refractivity (Wildman–Crippen MR) is 55.9 cm³/mol. The third-order valence-corrected chi connectivity index (χ3v) is 2.14. The first-order valence-electron chi connectivity index (χ1n) is 3.85. The molecule has 1 unspecified atom stereocenters. The zero-order chi connectivity index (χ0) is 9.14. The van der Waals surface area contributed by atoms with E-state index in [4.69, 9.17) is 17.3 Å². The minimum absolute atomic E-state index is 0. The summed E-state index contributed by atoms with van der Waals surface area (Å²) in [6, 6.07) is 4.07. The molecule has 0 saturated heterocycles. The van der Waals surface area contributed by atoms with Crippen LogP contribution in [0.4, 0.5) is 4.39 Å². The molecular weight excluding hydrogens is 212 g/mol. The van der Waals surface area contributed by atoms with E-state index in [1.54, 1.807) is 0 Å². The van der Waals surface area contributed by atoms with Gasteiger partial charge in [-0.05, 0) is 30.2 Å². The van der Waals surface area contributed by atoms with Gasteiger partial charge in [0.05, 0.1) is 0 Å². The molecule has 2 N–H and O–H groups in total. The molecule has 1 rings (SSSR count). The molecule has 0 fully saturated rings. The lowest BCUT2D eigenvalue weighted by Crippen LogP contribution is -2.09. The summed E-state index contributed by atoms with van der Waals surface area (Å²) < 4.78 is 12.7. The highest BCUT2D eigenvalue weighted by molar-refractivity contribution is 6.31. The molecule has 0 aliphatic rings. The van der Waals surface area contributed by atoms with Crippen LogP contribution in [0.5, 0.6) is 0 Å². The Kier molecular flexibility index (Phi) is 5.30. The Labute approximate surface area is 88.5 Å². The molecule has 0 spiro atoms. The number of hydrogen-bond donors (Lipinski definition) is 1. The van der Waals surface area contributed by atoms with Gasteiger partial charge < -0.3 is 5.73 Å². The molecule has 0 heterocycles. The second-order valence-electron chi connectivity index (χ2n) is 2.68. The lowest BCUT2D eigenvalue weighted by molar-refractivity contribution is 0.617. The predicted octanol–water partition coefficient (Wildman–Crippen LogP) is 3.31. The fourth-order valence-corrected chi connectivity index (χ4v) is 1.28. The topological polar surface area (TPSA) is 26.0 Å². The Hall–Kier alpha value is -0.310. The molecule has 13 heavy (non-hydrogen) atoms. The molecule has 0 radical (unpaired) electrons. The van der Waals surface area contributed by atoms with Gasteiger partial charge in [0.1, 0.15) is 5.82 Å². The summed E-state index contributed by atoms with van der Waals surface area (Å²) in [5.41, 5.74) is 6.39. The van der Waals surface area contributed by atoms with Crippen LogP contribution in [0.15, 0.2) is 18.2 Å². The Bertz CT molecular complexity index is 278. The summed E-state index contributed by atoms with van der Waals surface area (Å²) in [4.78, 5) is 0. The van der Waals surface area contributed by atoms with Gasteiger partial charge in [-0.3, -0.25) is 0 Å². The van der Waals surface area contributed by atoms with E-state index in [1.807, 2.05) is 6.92 Å². The summed E-state index contributed by atoms with van der Waals surface area (Å²) in [5.74, 6) is -0.293. The summed E-state index contributed by atoms with van der Waals surface area (Å²) in [6.07, 6.45) is 0.753. The maximum atomic E-state index is 12.7. The van der Waals surface area contributed by atoms with Gasteiger partial charge in [-0.2, -0.15) is 0 Å². The van der Waals surface area contributed by atoms with E-state index in [0.717, 1.165) is 6.42 Å². The maximum absolute atomic E-state index is 12.7. The first-order valence-corrected chi connectivity index (χ1v) is 4.23. The lowest BCUT2D eigenvalue weighted by atomic mass is 10.1. The zero-order valence-corrected chi connectivity index (χ0v) is 8.83. The smallest absolute Gasteiger partial charge is 0.123 e. The highest BCUT2D eigenvalue weighted by Gasteiger charge is 2.08. The molecule has 1 nitrogen and oxygen atoms in total. The minimum Gasteiger partial charge on any atom is -0.324 e. The van der Waals surface area contributed by atoms with Crippen LogP contribution in [0.2, 0.25) is 5.02 Å². The Balaban J connectivity index is 0.00000144. The largest absolute Gasteiger partial charge is 0.324 e. The second kappa shape index (κ2) is 5.43. The standard InChI is InChI=1S/C9H11ClFN.ClH/c1-2-9(12)7-5-6(11)3-4-8(7)10;/h3-5,9H,2,12H2,1H3;1H. The summed E-state index contributed by atoms with van der Waals surface area (Å²) in [5, 5.41) is 0.533. The van der Waals surface area contributed by atoms with Crippen LogP contribution in [-0.2, 0) is 0 Å². The van der Waals surface area contributed by atoms with Crippen molar-refractivity contribution < 1.29 is 4.39 Å². The van der Waals surface area contributed by atoms with Gasteiger partial charge in [0.2, 0.25) is 0 Å². The highest BCUT2D eigenvalue weighted by atomic mass is 35.5. The van der Waals surface area contributed by atoms with Crippen LogP contribution in [0, 0.1) is 5.82 Å². The van der Waals surface area contributed by atoms with Gasteiger partial charge in [-0.15, -0.1) is 12.4 Å². The van der Waals surface area contributed by atoms with Crippen LogP contribution in [0.25, 0.3) is 0 Å². The van der Waals surface area contributed by atoms with E-state index in [2.05, 4.69) is 0 Å². The molecule has 0 aliphatic heterocycles. The Morgan fingerprint density at radius 1 is 1.54 bits per heavy atom. The second-order valence-corrected chi connectivity index (χ2v) is 3.09. The summed E-state index contributed by atoms with van der Waals surface area (Å²) >= 11 is 5.82. The monoisotopic (exact) mass is 223 g/mol. The van der Waals surface area contributed by atoms with Gasteiger partial charge in [-0.1, -0.05) is 18.5 Å². The van der Waals surface area contributed by atoms with E-state index in [1.165, 1.54) is 18.2 Å². The number of hydrogen-bond acceptors (Lipinski definition) is 1. The van der Waals surface area contributed by atoms with Crippen LogP contribution in [0.3, 0.4) is 0 Å². The quantitative estimate of drug-likeness (QED) is 0.819. The normalized spacial score (nSPS) is 12.0.